The van der Waals surface area contributed by atoms with Gasteiger partial charge in [-0.1, -0.05) is 0 Å². The minimum atomic E-state index is -1.11. The molecule has 2 rings (SSSR count). The molecule has 2 aliphatic heterocycles. The number of hydrogen-bond acceptors (Lipinski definition) is 8. The second kappa shape index (κ2) is 4.60. The number of hydrazone groups is 2. The molecule has 0 fully saturated rings. The van der Waals surface area contributed by atoms with Gasteiger partial charge in [0.15, 0.2) is 0 Å². The van der Waals surface area contributed by atoms with Crippen molar-refractivity contribution in [1.82, 2.24) is 10.3 Å². The number of carbonyl (C=O) groups excluding carboxylic acids is 2. The predicted molar refractivity (Wildman–Crippen MR) is 51.8 cm³/mol. The van der Waals surface area contributed by atoms with Crippen LogP contribution in [-0.2, 0) is 19.3 Å². The Kier molecular flexibility index (Phi) is 2.99. The monoisotopic (exact) mass is 226 g/mol. The maximum Gasteiger partial charge on any atom is 0.445 e. The molecular formula is C8H10N4O4. The zero-order valence-corrected chi connectivity index (χ0v) is 8.40. The van der Waals surface area contributed by atoms with E-state index < -0.39 is 11.9 Å². The van der Waals surface area contributed by atoms with E-state index in [1.807, 2.05) is 0 Å². The molecule has 0 N–H and O–H groups in total. The minimum absolute atomic E-state index is 0.445. The highest BCUT2D eigenvalue weighted by atomic mass is 16.8. The summed E-state index contributed by atoms with van der Waals surface area (Å²) < 4.78 is 0. The van der Waals surface area contributed by atoms with Crippen LogP contribution in [0.4, 0.5) is 0 Å². The molecule has 0 radical (unpaired) electrons. The third-order valence-electron chi connectivity index (χ3n) is 1.86. The smallest absolute Gasteiger partial charge is 0.312 e. The van der Waals surface area contributed by atoms with Crippen molar-refractivity contribution in [2.24, 2.45) is 10.2 Å². The van der Waals surface area contributed by atoms with Crippen molar-refractivity contribution in [2.75, 3.05) is 13.1 Å². The Morgan fingerprint density at radius 3 is 1.69 bits per heavy atom. The molecule has 0 aromatic rings. The highest BCUT2D eigenvalue weighted by molar-refractivity contribution is 6.29. The van der Waals surface area contributed by atoms with Crippen LogP contribution in [0.3, 0.4) is 0 Å². The Morgan fingerprint density at radius 1 is 0.938 bits per heavy atom. The van der Waals surface area contributed by atoms with Gasteiger partial charge in [-0.15, -0.1) is 10.3 Å². The molecule has 2 aliphatic rings. The summed E-state index contributed by atoms with van der Waals surface area (Å²) in [6.07, 6.45) is 4.53. The molecule has 0 spiro atoms. The Morgan fingerprint density at radius 2 is 1.38 bits per heavy atom. The van der Waals surface area contributed by atoms with Crippen molar-refractivity contribution in [1.29, 1.82) is 0 Å². The lowest BCUT2D eigenvalue weighted by molar-refractivity contribution is -0.216. The molecule has 0 saturated heterocycles. The van der Waals surface area contributed by atoms with Crippen molar-refractivity contribution in [3.05, 3.63) is 0 Å². The molecule has 16 heavy (non-hydrogen) atoms. The SMILES string of the molecule is O=C(ON1CCC=N1)C(=O)ON1CCC=N1. The maximum absolute atomic E-state index is 11.2. The van der Waals surface area contributed by atoms with E-state index in [1.165, 1.54) is 0 Å². The van der Waals surface area contributed by atoms with Crippen molar-refractivity contribution >= 4 is 24.4 Å². The number of hydroxylamine groups is 2. The first kappa shape index (κ1) is 10.4. The lowest BCUT2D eigenvalue weighted by Gasteiger charge is -2.14. The van der Waals surface area contributed by atoms with Gasteiger partial charge in [-0.2, -0.15) is 10.2 Å². The standard InChI is InChI=1S/C8H10N4O4/c13-7(15-11-5-1-3-9-11)8(14)16-12-6-2-4-10-12/h3-4H,1-2,5-6H2. The summed E-state index contributed by atoms with van der Waals surface area (Å²) in [7, 11) is 0. The first-order chi connectivity index (χ1) is 7.75. The zero-order chi connectivity index (χ0) is 11.4. The zero-order valence-electron chi connectivity index (χ0n) is 8.40. The van der Waals surface area contributed by atoms with Gasteiger partial charge < -0.3 is 9.68 Å². The average Bonchev–Trinajstić information content (AvgIpc) is 2.90. The minimum Gasteiger partial charge on any atom is -0.312 e. The van der Waals surface area contributed by atoms with E-state index in [0.29, 0.717) is 25.9 Å². The van der Waals surface area contributed by atoms with E-state index in [4.69, 9.17) is 0 Å². The van der Waals surface area contributed by atoms with Gasteiger partial charge in [0.1, 0.15) is 0 Å². The van der Waals surface area contributed by atoms with Crippen LogP contribution >= 0.6 is 0 Å². The van der Waals surface area contributed by atoms with Crippen LogP contribution in [0.5, 0.6) is 0 Å². The van der Waals surface area contributed by atoms with E-state index in [0.717, 1.165) is 10.3 Å². The Balaban J connectivity index is 1.77. The average molecular weight is 226 g/mol. The van der Waals surface area contributed by atoms with Crippen LogP contribution < -0.4 is 0 Å². The maximum atomic E-state index is 11.2. The summed E-state index contributed by atoms with van der Waals surface area (Å²) in [4.78, 5) is 31.6. The third kappa shape index (κ3) is 2.47. The quantitative estimate of drug-likeness (QED) is 0.578. The normalized spacial score (nSPS) is 18.0. The summed E-state index contributed by atoms with van der Waals surface area (Å²) in [5.74, 6) is -2.22. The van der Waals surface area contributed by atoms with Gasteiger partial charge in [0.2, 0.25) is 0 Å². The molecule has 8 nitrogen and oxygen atoms in total. The second-order valence-corrected chi connectivity index (χ2v) is 3.08. The summed E-state index contributed by atoms with van der Waals surface area (Å²) in [6, 6.07) is 0. The Bertz CT molecular complexity index is 320. The Hall–Kier alpha value is -2.12. The first-order valence-electron chi connectivity index (χ1n) is 4.80. The lowest BCUT2D eigenvalue weighted by Crippen LogP contribution is -2.31. The van der Waals surface area contributed by atoms with Crippen LogP contribution in [0, 0.1) is 0 Å². The molecule has 0 atom stereocenters. The lowest BCUT2D eigenvalue weighted by atomic mass is 10.5. The Labute approximate surface area is 91.0 Å². The molecule has 86 valence electrons. The topological polar surface area (TPSA) is 83.8 Å². The number of rotatable bonds is 2. The van der Waals surface area contributed by atoms with Crippen molar-refractivity contribution in [2.45, 2.75) is 12.8 Å². The highest BCUT2D eigenvalue weighted by Crippen LogP contribution is 2.04. The molecule has 0 unspecified atom stereocenters. The van der Waals surface area contributed by atoms with Crippen LogP contribution in [0.1, 0.15) is 12.8 Å². The third-order valence-corrected chi connectivity index (χ3v) is 1.86. The molecular weight excluding hydrogens is 216 g/mol. The van der Waals surface area contributed by atoms with Gasteiger partial charge in [-0.25, -0.2) is 9.59 Å². The van der Waals surface area contributed by atoms with Gasteiger partial charge in [-0.05, 0) is 0 Å². The molecule has 0 aromatic heterocycles. The van der Waals surface area contributed by atoms with Gasteiger partial charge in [0, 0.05) is 25.3 Å². The second-order valence-electron chi connectivity index (χ2n) is 3.08. The van der Waals surface area contributed by atoms with E-state index in [1.54, 1.807) is 12.4 Å². The van der Waals surface area contributed by atoms with Crippen LogP contribution in [0.15, 0.2) is 10.2 Å². The van der Waals surface area contributed by atoms with Crippen LogP contribution in [0.25, 0.3) is 0 Å². The van der Waals surface area contributed by atoms with Gasteiger partial charge in [0.25, 0.3) is 0 Å². The number of hydrogen-bond donors (Lipinski definition) is 0. The van der Waals surface area contributed by atoms with Gasteiger partial charge in [-0.3, -0.25) is 0 Å². The molecule has 0 saturated carbocycles. The van der Waals surface area contributed by atoms with E-state index in [2.05, 4.69) is 19.9 Å². The van der Waals surface area contributed by atoms with Crippen molar-refractivity contribution in [3.8, 4) is 0 Å². The van der Waals surface area contributed by atoms with Crippen molar-refractivity contribution in [3.63, 3.8) is 0 Å². The van der Waals surface area contributed by atoms with Gasteiger partial charge >= 0.3 is 11.9 Å². The van der Waals surface area contributed by atoms with E-state index in [-0.39, 0.29) is 0 Å². The molecule has 0 bridgehead atoms. The van der Waals surface area contributed by atoms with E-state index in [9.17, 15) is 9.59 Å². The molecule has 0 aromatic carbocycles. The van der Waals surface area contributed by atoms with Gasteiger partial charge in [0.05, 0.1) is 13.1 Å². The molecule has 2 heterocycles. The fourth-order valence-electron chi connectivity index (χ4n) is 1.15. The highest BCUT2D eigenvalue weighted by Gasteiger charge is 2.25. The number of nitrogens with zero attached hydrogens (tertiary/aromatic N) is 4. The van der Waals surface area contributed by atoms with Crippen molar-refractivity contribution < 1.29 is 19.3 Å². The van der Waals surface area contributed by atoms with E-state index >= 15 is 0 Å². The fraction of sp³-hybridized carbons (Fsp3) is 0.500. The molecule has 0 aliphatic carbocycles. The largest absolute Gasteiger partial charge is 0.445 e. The summed E-state index contributed by atoms with van der Waals surface area (Å²) in [6.45, 7) is 0.891. The van der Waals surface area contributed by atoms with Crippen LogP contribution in [0.2, 0.25) is 0 Å². The summed E-state index contributed by atoms with van der Waals surface area (Å²) in [5, 5.41) is 9.49. The predicted octanol–water partition coefficient (Wildman–Crippen LogP) is -0.714. The number of carbonyl (C=O) groups is 2. The van der Waals surface area contributed by atoms with Crippen LogP contribution in [-0.4, -0.2) is 47.8 Å². The fourth-order valence-corrected chi connectivity index (χ4v) is 1.15. The first-order valence-corrected chi connectivity index (χ1v) is 4.80. The molecule has 8 heteroatoms. The summed E-state index contributed by atoms with van der Waals surface area (Å²) >= 11 is 0. The molecule has 0 amide bonds. The summed E-state index contributed by atoms with van der Waals surface area (Å²) in [5.41, 5.74) is 0.